The molecular formula is H3KMn2O8. The van der Waals surface area contributed by atoms with Crippen LogP contribution in [0.1, 0.15) is 0 Å². The van der Waals surface area contributed by atoms with Crippen molar-refractivity contribution in [1.29, 1.82) is 0 Å². The van der Waals surface area contributed by atoms with Crippen LogP contribution in [-0.2, 0) is 42.1 Å². The van der Waals surface area contributed by atoms with Crippen LogP contribution in [0.15, 0.2) is 0 Å². The van der Waals surface area contributed by atoms with Crippen molar-refractivity contribution in [2.75, 3.05) is 0 Å². The molecule has 0 fully saturated rings. The zero-order valence-electron chi connectivity index (χ0n) is 5.14. The van der Waals surface area contributed by atoms with E-state index in [0.717, 1.165) is 0 Å². The van der Waals surface area contributed by atoms with Crippen molar-refractivity contribution < 1.29 is 110 Å². The van der Waals surface area contributed by atoms with Gasteiger partial charge in [-0.3, -0.25) is 0 Å². The van der Waals surface area contributed by atoms with Crippen LogP contribution in [-0.4, -0.2) is 12.6 Å². The summed E-state index contributed by atoms with van der Waals surface area (Å²) in [5, 5.41) is 0. The molecule has 8 nitrogen and oxygen atoms in total. The standard InChI is InChI=1S/K.2Mn.3H2O.5O/h;;;3*1H2;;;;;/q2*+1;+2;;;;;;;;-1/p-3. The maximum atomic E-state index is 8.80. The van der Waals surface area contributed by atoms with Crippen molar-refractivity contribution in [2.24, 2.45) is 0 Å². The summed E-state index contributed by atoms with van der Waals surface area (Å²) < 4.78 is 64.9. The molecule has 0 heterocycles. The molecule has 0 unspecified atom stereocenters. The van der Waals surface area contributed by atoms with Crippen LogP contribution in [0.2, 0.25) is 0 Å². The van der Waals surface area contributed by atoms with Crippen LogP contribution >= 0.6 is 0 Å². The zero-order chi connectivity index (χ0) is 9.00. The molecule has 0 rings (SSSR count). The molecule has 0 bridgehead atoms. The van der Waals surface area contributed by atoms with Crippen molar-refractivity contribution >= 4 is 0 Å². The summed E-state index contributed by atoms with van der Waals surface area (Å²) in [6.45, 7) is 0. The van der Waals surface area contributed by atoms with Gasteiger partial charge >= 0.3 is 110 Å². The summed E-state index contributed by atoms with van der Waals surface area (Å²) in [6, 6.07) is 0. The molecule has 0 atom stereocenters. The van der Waals surface area contributed by atoms with Gasteiger partial charge in [-0.1, -0.05) is 0 Å². The fourth-order valence-corrected chi connectivity index (χ4v) is 0. The molecule has 11 heteroatoms. The topological polar surface area (TPSA) is 152 Å². The fourth-order valence-electron chi connectivity index (χ4n) is 0. The van der Waals surface area contributed by atoms with E-state index >= 15 is 0 Å². The molecule has 0 radical (unpaired) electrons. The van der Waals surface area contributed by atoms with Gasteiger partial charge < -0.3 is 0 Å². The normalized spacial score (nSPS) is 10.5. The van der Waals surface area contributed by atoms with Crippen molar-refractivity contribution in [3.63, 3.8) is 0 Å². The average Bonchev–Trinajstić information content (AvgIpc) is 1.12. The Morgan fingerprint density at radius 3 is 0.909 bits per heavy atom. The Bertz CT molecular complexity index is 208. The van der Waals surface area contributed by atoms with Gasteiger partial charge in [0.05, 0.1) is 0 Å². The van der Waals surface area contributed by atoms with Gasteiger partial charge in [-0.2, -0.15) is 0 Å². The number of hydrogen-bond donors (Lipinski definition) is 3. The summed E-state index contributed by atoms with van der Waals surface area (Å²) >= 11 is -10.5. The van der Waals surface area contributed by atoms with Crippen LogP contribution in [0.25, 0.3) is 0 Å². The fraction of sp³-hybridized carbons (Fsp3) is 0. The van der Waals surface area contributed by atoms with Crippen LogP contribution < -0.4 is 55.6 Å². The molecule has 0 saturated heterocycles. The second-order valence-corrected chi connectivity index (χ2v) is 3.34. The van der Waals surface area contributed by atoms with Gasteiger partial charge in [0.25, 0.3) is 0 Å². The zero-order valence-corrected chi connectivity index (χ0v) is 10.6. The first-order chi connectivity index (χ1) is 4.00. The Balaban J connectivity index is -0.000000107. The van der Waals surface area contributed by atoms with E-state index in [0.29, 0.717) is 0 Å². The molecule has 0 aliphatic heterocycles. The summed E-state index contributed by atoms with van der Waals surface area (Å²) in [5.41, 5.74) is 0. The predicted molar refractivity (Wildman–Crippen MR) is 9.40 cm³/mol. The molecule has 3 N–H and O–H groups in total. The van der Waals surface area contributed by atoms with Gasteiger partial charge in [0, 0.05) is 0 Å². The molecule has 0 aromatic rings. The van der Waals surface area contributed by atoms with Crippen molar-refractivity contribution in [3.05, 3.63) is 0 Å². The minimum atomic E-state index is -5.38. The molecule has 0 aromatic heterocycles. The molecule has 66 valence electrons. The molecule has 0 aliphatic rings. The van der Waals surface area contributed by atoms with Gasteiger partial charge in [-0.05, 0) is 0 Å². The van der Waals surface area contributed by atoms with E-state index < -0.39 is 26.7 Å². The van der Waals surface area contributed by atoms with Crippen LogP contribution in [0, 0.1) is 0 Å². The molecule has 0 saturated carbocycles. The van der Waals surface area contributed by atoms with Crippen LogP contribution in [0.3, 0.4) is 0 Å². The monoisotopic (exact) mass is 280 g/mol. The van der Waals surface area contributed by atoms with Crippen LogP contribution in [0.5, 0.6) is 0 Å². The minimum absolute atomic E-state index is 0. The summed E-state index contributed by atoms with van der Waals surface area (Å²) in [7, 11) is 0. The molecule has 0 aliphatic carbocycles. The number of rotatable bonds is 0. The molecule has 0 aromatic carbocycles. The first-order valence-corrected chi connectivity index (χ1v) is 5.27. The summed E-state index contributed by atoms with van der Waals surface area (Å²) in [6.07, 6.45) is 0. The van der Waals surface area contributed by atoms with E-state index in [2.05, 4.69) is 0 Å². The van der Waals surface area contributed by atoms with Crippen molar-refractivity contribution in [2.45, 2.75) is 0 Å². The SMILES string of the molecule is [K+].[O]=[Mn](=[O])([O-])[OH].[O]=[Mn](=[O])([OH])[OH]. The van der Waals surface area contributed by atoms with E-state index in [-0.39, 0.29) is 51.4 Å². The van der Waals surface area contributed by atoms with Gasteiger partial charge in [-0.25, -0.2) is 0 Å². The molecular weight excluding hydrogens is 277 g/mol. The summed E-state index contributed by atoms with van der Waals surface area (Å²) in [5.74, 6) is 0. The Hall–Kier alpha value is 1.72. The Morgan fingerprint density at radius 1 is 0.909 bits per heavy atom. The quantitative estimate of drug-likeness (QED) is 0.370. The first-order valence-electron chi connectivity index (χ1n) is 1.28. The Kier molecular flexibility index (Phi) is 12.0. The predicted octanol–water partition coefficient (Wildman–Crippen LogP) is -6.34. The summed E-state index contributed by atoms with van der Waals surface area (Å²) in [4.78, 5) is 0. The van der Waals surface area contributed by atoms with Gasteiger partial charge in [-0.15, -0.1) is 0 Å². The third kappa shape index (κ3) is 376. The van der Waals surface area contributed by atoms with Gasteiger partial charge in [0.1, 0.15) is 0 Å². The first kappa shape index (κ1) is 18.5. The number of hydrogen-bond acceptors (Lipinski definition) is 5. The van der Waals surface area contributed by atoms with E-state index in [1.54, 1.807) is 0 Å². The van der Waals surface area contributed by atoms with E-state index in [1.807, 2.05) is 0 Å². The Morgan fingerprint density at radius 2 is 0.909 bits per heavy atom. The molecule has 0 amide bonds. The third-order valence-electron chi connectivity index (χ3n) is 0. The Labute approximate surface area is 108 Å². The second-order valence-electron chi connectivity index (χ2n) is 0.811. The van der Waals surface area contributed by atoms with E-state index in [4.69, 9.17) is 32.1 Å². The van der Waals surface area contributed by atoms with Gasteiger partial charge in [0.15, 0.2) is 0 Å². The van der Waals surface area contributed by atoms with Crippen molar-refractivity contribution in [1.82, 2.24) is 0 Å². The van der Waals surface area contributed by atoms with E-state index in [9.17, 15) is 0 Å². The second kappa shape index (κ2) is 7.15. The van der Waals surface area contributed by atoms with E-state index in [1.165, 1.54) is 0 Å². The van der Waals surface area contributed by atoms with Crippen molar-refractivity contribution in [3.8, 4) is 0 Å². The molecule has 11 heavy (non-hydrogen) atoms. The van der Waals surface area contributed by atoms with Crippen LogP contribution in [0.4, 0.5) is 0 Å². The molecule has 0 spiro atoms. The van der Waals surface area contributed by atoms with Gasteiger partial charge in [0.2, 0.25) is 0 Å². The maximum absolute atomic E-state index is 8.80. The third-order valence-corrected chi connectivity index (χ3v) is 0. The average molecular weight is 280 g/mol.